The zero-order valence-electron chi connectivity index (χ0n) is 11.7. The molecule has 1 aliphatic heterocycles. The van der Waals surface area contributed by atoms with E-state index in [0.29, 0.717) is 16.6 Å². The Hall–Kier alpha value is -1.00. The summed E-state index contributed by atoms with van der Waals surface area (Å²) in [6, 6.07) is 1.76. The molecule has 1 aliphatic rings. The van der Waals surface area contributed by atoms with E-state index in [1.54, 1.807) is 6.07 Å². The third-order valence-electron chi connectivity index (χ3n) is 3.76. The number of rotatable bonds is 4. The van der Waals surface area contributed by atoms with Gasteiger partial charge in [-0.25, -0.2) is 0 Å². The number of nitrogens with one attached hydrogen (secondary N) is 1. The number of aryl methyl sites for hydroxylation is 1. The van der Waals surface area contributed by atoms with Crippen LogP contribution in [0.5, 0.6) is 0 Å². The molecule has 5 heteroatoms. The van der Waals surface area contributed by atoms with E-state index in [1.165, 1.54) is 0 Å². The highest BCUT2D eigenvalue weighted by molar-refractivity contribution is 6.31. The number of halogens is 1. The summed E-state index contributed by atoms with van der Waals surface area (Å²) in [5, 5.41) is 3.97. The second-order valence-corrected chi connectivity index (χ2v) is 5.65. The summed E-state index contributed by atoms with van der Waals surface area (Å²) in [6.45, 7) is 5.72. The average molecular weight is 284 g/mol. The van der Waals surface area contributed by atoms with Crippen molar-refractivity contribution in [3.8, 4) is 0 Å². The number of carbonyl (C=O) groups is 1. The van der Waals surface area contributed by atoms with E-state index in [1.807, 2.05) is 29.6 Å². The van der Waals surface area contributed by atoms with Crippen molar-refractivity contribution in [2.45, 2.75) is 26.3 Å². The second-order valence-electron chi connectivity index (χ2n) is 5.21. The summed E-state index contributed by atoms with van der Waals surface area (Å²) >= 11 is 5.99. The molecule has 0 atom stereocenters. The molecule has 1 saturated heterocycles. The van der Waals surface area contributed by atoms with Crippen molar-refractivity contribution in [1.82, 2.24) is 14.8 Å². The number of piperidine rings is 1. The van der Waals surface area contributed by atoms with Crippen molar-refractivity contribution < 1.29 is 4.79 Å². The van der Waals surface area contributed by atoms with Crippen LogP contribution in [0.2, 0.25) is 5.02 Å². The number of amides is 1. The molecule has 1 aromatic heterocycles. The molecular formula is C14H22ClN3O. The van der Waals surface area contributed by atoms with Crippen LogP contribution < -0.4 is 5.32 Å². The van der Waals surface area contributed by atoms with Gasteiger partial charge in [-0.1, -0.05) is 11.6 Å². The van der Waals surface area contributed by atoms with Crippen LogP contribution in [-0.2, 0) is 6.54 Å². The van der Waals surface area contributed by atoms with E-state index in [9.17, 15) is 4.79 Å². The molecule has 0 unspecified atom stereocenters. The molecule has 0 bridgehead atoms. The van der Waals surface area contributed by atoms with E-state index < -0.39 is 0 Å². The van der Waals surface area contributed by atoms with Crippen LogP contribution in [0.15, 0.2) is 12.3 Å². The maximum Gasteiger partial charge on any atom is 0.270 e. The van der Waals surface area contributed by atoms with Crippen molar-refractivity contribution in [1.29, 1.82) is 0 Å². The van der Waals surface area contributed by atoms with Gasteiger partial charge in [-0.05, 0) is 44.8 Å². The van der Waals surface area contributed by atoms with E-state index in [0.717, 1.165) is 39.0 Å². The minimum Gasteiger partial charge on any atom is -0.342 e. The van der Waals surface area contributed by atoms with Crippen LogP contribution in [0.1, 0.15) is 30.3 Å². The lowest BCUT2D eigenvalue weighted by Gasteiger charge is -2.27. The summed E-state index contributed by atoms with van der Waals surface area (Å²) < 4.78 is 1.91. The smallest absolute Gasteiger partial charge is 0.270 e. The Morgan fingerprint density at radius 1 is 1.53 bits per heavy atom. The zero-order chi connectivity index (χ0) is 13.8. The van der Waals surface area contributed by atoms with E-state index >= 15 is 0 Å². The second kappa shape index (κ2) is 6.44. The van der Waals surface area contributed by atoms with Crippen LogP contribution in [-0.4, -0.2) is 42.1 Å². The number of hydrogen-bond donors (Lipinski definition) is 1. The van der Waals surface area contributed by atoms with E-state index in [4.69, 9.17) is 11.6 Å². The van der Waals surface area contributed by atoms with Crippen LogP contribution in [0.4, 0.5) is 0 Å². The van der Waals surface area contributed by atoms with Gasteiger partial charge >= 0.3 is 0 Å². The first-order valence-corrected chi connectivity index (χ1v) is 7.31. The van der Waals surface area contributed by atoms with Gasteiger partial charge in [-0.15, -0.1) is 0 Å². The topological polar surface area (TPSA) is 37.3 Å². The first kappa shape index (κ1) is 14.4. The summed E-state index contributed by atoms with van der Waals surface area (Å²) in [5.74, 6) is 0.669. The number of hydrogen-bond acceptors (Lipinski definition) is 2. The fourth-order valence-electron chi connectivity index (χ4n) is 2.65. The third-order valence-corrected chi connectivity index (χ3v) is 3.97. The predicted octanol–water partition coefficient (Wildman–Crippen LogP) is 2.23. The molecule has 0 aliphatic carbocycles. The average Bonchev–Trinajstić information content (AvgIpc) is 2.80. The van der Waals surface area contributed by atoms with Gasteiger partial charge in [0.25, 0.3) is 5.91 Å². The van der Waals surface area contributed by atoms with Gasteiger partial charge in [0.2, 0.25) is 0 Å². The highest BCUT2D eigenvalue weighted by atomic mass is 35.5. The zero-order valence-corrected chi connectivity index (χ0v) is 12.4. The van der Waals surface area contributed by atoms with Gasteiger partial charge in [-0.2, -0.15) is 0 Å². The monoisotopic (exact) mass is 283 g/mol. The van der Waals surface area contributed by atoms with Gasteiger partial charge in [0.15, 0.2) is 0 Å². The minimum atomic E-state index is 0.0623. The van der Waals surface area contributed by atoms with Gasteiger partial charge < -0.3 is 14.8 Å². The molecule has 0 radical (unpaired) electrons. The molecular weight excluding hydrogens is 262 g/mol. The SMILES string of the molecule is CCn1cc(Cl)cc1C(=O)N(C)CC1CCNCC1. The summed E-state index contributed by atoms with van der Waals surface area (Å²) in [4.78, 5) is 14.3. The molecule has 106 valence electrons. The number of aromatic nitrogens is 1. The maximum absolute atomic E-state index is 12.4. The molecule has 1 fully saturated rings. The standard InChI is InChI=1S/C14H22ClN3O/c1-3-18-10-12(15)8-13(18)14(19)17(2)9-11-4-6-16-7-5-11/h8,10-11,16H,3-7,9H2,1-2H3. The highest BCUT2D eigenvalue weighted by Crippen LogP contribution is 2.18. The minimum absolute atomic E-state index is 0.0623. The lowest BCUT2D eigenvalue weighted by molar-refractivity contribution is 0.0752. The Kier molecular flexibility index (Phi) is 4.88. The Morgan fingerprint density at radius 3 is 2.84 bits per heavy atom. The molecule has 1 amide bonds. The lowest BCUT2D eigenvalue weighted by Crippen LogP contribution is -2.37. The van der Waals surface area contributed by atoms with Crippen molar-refractivity contribution in [2.24, 2.45) is 5.92 Å². The van der Waals surface area contributed by atoms with Crippen molar-refractivity contribution in [3.05, 3.63) is 23.0 Å². The third kappa shape index (κ3) is 3.51. The number of carbonyl (C=O) groups excluding carboxylic acids is 1. The molecule has 19 heavy (non-hydrogen) atoms. The fraction of sp³-hybridized carbons (Fsp3) is 0.643. The highest BCUT2D eigenvalue weighted by Gasteiger charge is 2.21. The summed E-state index contributed by atoms with van der Waals surface area (Å²) in [5.41, 5.74) is 0.684. The molecule has 2 rings (SSSR count). The Balaban J connectivity index is 2.01. The van der Waals surface area contributed by atoms with Gasteiger partial charge in [-0.3, -0.25) is 4.79 Å². The molecule has 0 saturated carbocycles. The first-order valence-electron chi connectivity index (χ1n) is 6.93. The first-order chi connectivity index (χ1) is 9.11. The summed E-state index contributed by atoms with van der Waals surface area (Å²) in [7, 11) is 1.88. The van der Waals surface area contributed by atoms with Crippen molar-refractivity contribution in [2.75, 3.05) is 26.7 Å². The van der Waals surface area contributed by atoms with E-state index in [-0.39, 0.29) is 5.91 Å². The predicted molar refractivity (Wildman–Crippen MR) is 77.7 cm³/mol. The molecule has 0 aromatic carbocycles. The maximum atomic E-state index is 12.4. The molecule has 1 aromatic rings. The Bertz CT molecular complexity index is 438. The van der Waals surface area contributed by atoms with E-state index in [2.05, 4.69) is 5.32 Å². The van der Waals surface area contributed by atoms with Crippen LogP contribution in [0.25, 0.3) is 0 Å². The molecule has 2 heterocycles. The summed E-state index contributed by atoms with van der Waals surface area (Å²) in [6.07, 6.45) is 4.10. The Labute approximate surface area is 119 Å². The molecule has 1 N–H and O–H groups in total. The van der Waals surface area contributed by atoms with Crippen LogP contribution >= 0.6 is 11.6 Å². The largest absolute Gasteiger partial charge is 0.342 e. The Morgan fingerprint density at radius 2 is 2.21 bits per heavy atom. The van der Waals surface area contributed by atoms with Crippen molar-refractivity contribution in [3.63, 3.8) is 0 Å². The molecule has 0 spiro atoms. The quantitative estimate of drug-likeness (QED) is 0.920. The fourth-order valence-corrected chi connectivity index (χ4v) is 2.87. The molecule has 4 nitrogen and oxygen atoms in total. The van der Waals surface area contributed by atoms with Gasteiger partial charge in [0.1, 0.15) is 5.69 Å². The van der Waals surface area contributed by atoms with Crippen molar-refractivity contribution >= 4 is 17.5 Å². The van der Waals surface area contributed by atoms with Crippen LogP contribution in [0, 0.1) is 5.92 Å². The normalized spacial score (nSPS) is 16.6. The van der Waals surface area contributed by atoms with Gasteiger partial charge in [0.05, 0.1) is 5.02 Å². The lowest BCUT2D eigenvalue weighted by atomic mass is 9.97. The number of nitrogens with zero attached hydrogens (tertiary/aromatic N) is 2. The van der Waals surface area contributed by atoms with Gasteiger partial charge in [0, 0.05) is 26.3 Å². The van der Waals surface area contributed by atoms with Crippen LogP contribution in [0.3, 0.4) is 0 Å².